The van der Waals surface area contributed by atoms with E-state index >= 15 is 0 Å². The summed E-state index contributed by atoms with van der Waals surface area (Å²) in [5.41, 5.74) is 3.43. The van der Waals surface area contributed by atoms with Crippen molar-refractivity contribution < 1.29 is 23.8 Å². The zero-order valence-corrected chi connectivity index (χ0v) is 16.2. The molecular formula is C24H23FO4. The molecule has 0 amide bonds. The normalized spacial score (nSPS) is 10.6. The Hall–Kier alpha value is -3.34. The third-order valence-electron chi connectivity index (χ3n) is 4.67. The number of carbonyl (C=O) groups is 1. The Bertz CT molecular complexity index is 950. The second-order valence-corrected chi connectivity index (χ2v) is 6.76. The third kappa shape index (κ3) is 5.82. The molecule has 4 nitrogen and oxygen atoms in total. The van der Waals surface area contributed by atoms with Crippen molar-refractivity contribution in [3.63, 3.8) is 0 Å². The smallest absolute Gasteiger partial charge is 0.335 e. The van der Waals surface area contributed by atoms with Crippen LogP contribution >= 0.6 is 0 Å². The van der Waals surface area contributed by atoms with Crippen LogP contribution in [-0.4, -0.2) is 18.2 Å². The average Bonchev–Trinajstić information content (AvgIpc) is 2.74. The molecule has 3 aromatic rings. The standard InChI is InChI=1S/C24H23FO4/c1-28-23-15-18(4-2-3-17-5-10-20(11-6-17)24(26)27)9-14-22(23)29-16-19-7-12-21(25)13-8-19/h5-15H,2-4,16H2,1H3,(H,26,27). The van der Waals surface area contributed by atoms with E-state index < -0.39 is 5.97 Å². The highest BCUT2D eigenvalue weighted by Crippen LogP contribution is 2.29. The maximum absolute atomic E-state index is 13.0. The van der Waals surface area contributed by atoms with Crippen LogP contribution in [0.4, 0.5) is 4.39 Å². The minimum atomic E-state index is -0.912. The number of benzene rings is 3. The van der Waals surface area contributed by atoms with Crippen LogP contribution in [0.2, 0.25) is 0 Å². The van der Waals surface area contributed by atoms with E-state index in [-0.39, 0.29) is 5.82 Å². The largest absolute Gasteiger partial charge is 0.493 e. The number of aryl methyl sites for hydroxylation is 2. The summed E-state index contributed by atoms with van der Waals surface area (Å²) in [7, 11) is 1.61. The highest BCUT2D eigenvalue weighted by atomic mass is 19.1. The number of ether oxygens (including phenoxy) is 2. The first-order valence-corrected chi connectivity index (χ1v) is 9.41. The van der Waals surface area contributed by atoms with Crippen LogP contribution in [0.25, 0.3) is 0 Å². The first-order valence-electron chi connectivity index (χ1n) is 9.41. The van der Waals surface area contributed by atoms with Gasteiger partial charge in [0.1, 0.15) is 12.4 Å². The molecule has 0 aliphatic carbocycles. The van der Waals surface area contributed by atoms with Gasteiger partial charge in [-0.25, -0.2) is 9.18 Å². The van der Waals surface area contributed by atoms with Gasteiger partial charge in [-0.3, -0.25) is 0 Å². The zero-order chi connectivity index (χ0) is 20.6. The van der Waals surface area contributed by atoms with E-state index in [4.69, 9.17) is 14.6 Å². The fraction of sp³-hybridized carbons (Fsp3) is 0.208. The van der Waals surface area contributed by atoms with Gasteiger partial charge >= 0.3 is 5.97 Å². The molecule has 0 aliphatic rings. The van der Waals surface area contributed by atoms with Crippen molar-refractivity contribution in [3.8, 4) is 11.5 Å². The van der Waals surface area contributed by atoms with Crippen molar-refractivity contribution in [2.75, 3.05) is 7.11 Å². The van der Waals surface area contributed by atoms with E-state index in [2.05, 4.69) is 0 Å². The van der Waals surface area contributed by atoms with E-state index in [0.29, 0.717) is 23.7 Å². The summed E-state index contributed by atoms with van der Waals surface area (Å²) in [6, 6.07) is 19.1. The maximum atomic E-state index is 13.0. The summed E-state index contributed by atoms with van der Waals surface area (Å²) in [5.74, 6) is 0.124. The molecule has 0 heterocycles. The van der Waals surface area contributed by atoms with E-state index in [1.54, 1.807) is 31.4 Å². The highest BCUT2D eigenvalue weighted by Gasteiger charge is 2.07. The minimum absolute atomic E-state index is 0.270. The molecule has 3 aromatic carbocycles. The van der Waals surface area contributed by atoms with Crippen molar-refractivity contribution >= 4 is 5.97 Å². The molecule has 29 heavy (non-hydrogen) atoms. The monoisotopic (exact) mass is 394 g/mol. The number of aromatic carboxylic acids is 1. The lowest BCUT2D eigenvalue weighted by Gasteiger charge is -2.12. The Kier molecular flexibility index (Phi) is 6.85. The Morgan fingerprint density at radius 3 is 2.14 bits per heavy atom. The SMILES string of the molecule is COc1cc(CCCc2ccc(C(=O)O)cc2)ccc1OCc1ccc(F)cc1. The van der Waals surface area contributed by atoms with Crippen molar-refractivity contribution in [2.45, 2.75) is 25.9 Å². The molecule has 0 radical (unpaired) electrons. The van der Waals surface area contributed by atoms with Crippen LogP contribution < -0.4 is 9.47 Å². The first kappa shape index (κ1) is 20.4. The van der Waals surface area contributed by atoms with Crippen molar-refractivity contribution in [1.29, 1.82) is 0 Å². The lowest BCUT2D eigenvalue weighted by Crippen LogP contribution is -1.99. The highest BCUT2D eigenvalue weighted by molar-refractivity contribution is 5.87. The lowest BCUT2D eigenvalue weighted by atomic mass is 10.0. The van der Waals surface area contributed by atoms with Crippen LogP contribution in [0, 0.1) is 5.82 Å². The molecule has 0 unspecified atom stereocenters. The van der Waals surface area contributed by atoms with Crippen LogP contribution in [-0.2, 0) is 19.4 Å². The van der Waals surface area contributed by atoms with Gasteiger partial charge in [0.2, 0.25) is 0 Å². The number of carboxylic acid groups (broad SMARTS) is 1. The summed E-state index contributed by atoms with van der Waals surface area (Å²) < 4.78 is 24.3. The van der Waals surface area contributed by atoms with Gasteiger partial charge in [0.15, 0.2) is 11.5 Å². The maximum Gasteiger partial charge on any atom is 0.335 e. The number of carboxylic acids is 1. The topological polar surface area (TPSA) is 55.8 Å². The zero-order valence-electron chi connectivity index (χ0n) is 16.2. The van der Waals surface area contributed by atoms with E-state index in [1.165, 1.54) is 12.1 Å². The van der Waals surface area contributed by atoms with Crippen LogP contribution in [0.1, 0.15) is 33.5 Å². The first-order chi connectivity index (χ1) is 14.0. The molecule has 0 aromatic heterocycles. The molecule has 1 N–H and O–H groups in total. The number of rotatable bonds is 9. The Morgan fingerprint density at radius 1 is 0.862 bits per heavy atom. The van der Waals surface area contributed by atoms with Crippen LogP contribution in [0.15, 0.2) is 66.7 Å². The Labute approximate surface area is 169 Å². The predicted octanol–water partition coefficient (Wildman–Crippen LogP) is 5.29. The molecule has 0 fully saturated rings. The lowest BCUT2D eigenvalue weighted by molar-refractivity contribution is 0.0697. The van der Waals surface area contributed by atoms with Crippen molar-refractivity contribution in [3.05, 3.63) is 94.8 Å². The van der Waals surface area contributed by atoms with Gasteiger partial charge in [-0.15, -0.1) is 0 Å². The molecule has 0 saturated carbocycles. The molecule has 3 rings (SSSR count). The van der Waals surface area contributed by atoms with Crippen LogP contribution in [0.3, 0.4) is 0 Å². The van der Waals surface area contributed by atoms with Crippen molar-refractivity contribution in [1.82, 2.24) is 0 Å². The van der Waals surface area contributed by atoms with Gasteiger partial charge in [-0.05, 0) is 72.4 Å². The van der Waals surface area contributed by atoms with Gasteiger partial charge in [-0.2, -0.15) is 0 Å². The molecular weight excluding hydrogens is 371 g/mol. The second kappa shape index (κ2) is 9.73. The fourth-order valence-electron chi connectivity index (χ4n) is 3.04. The molecule has 5 heteroatoms. The summed E-state index contributed by atoms with van der Waals surface area (Å²) >= 11 is 0. The number of hydrogen-bond acceptors (Lipinski definition) is 3. The summed E-state index contributed by atoms with van der Waals surface area (Å²) in [6.07, 6.45) is 2.67. The van der Waals surface area contributed by atoms with Gasteiger partial charge < -0.3 is 14.6 Å². The van der Waals surface area contributed by atoms with Crippen LogP contribution in [0.5, 0.6) is 11.5 Å². The van der Waals surface area contributed by atoms with E-state index in [1.807, 2.05) is 30.3 Å². The molecule has 0 saturated heterocycles. The minimum Gasteiger partial charge on any atom is -0.493 e. The number of hydrogen-bond donors (Lipinski definition) is 1. The summed E-state index contributed by atoms with van der Waals surface area (Å²) in [5, 5.41) is 8.95. The molecule has 0 spiro atoms. The Balaban J connectivity index is 1.55. The molecule has 0 aliphatic heterocycles. The van der Waals surface area contributed by atoms with E-state index in [0.717, 1.165) is 36.0 Å². The van der Waals surface area contributed by atoms with E-state index in [9.17, 15) is 9.18 Å². The Morgan fingerprint density at radius 2 is 1.48 bits per heavy atom. The second-order valence-electron chi connectivity index (χ2n) is 6.76. The quantitative estimate of drug-likeness (QED) is 0.536. The average molecular weight is 394 g/mol. The third-order valence-corrected chi connectivity index (χ3v) is 4.67. The van der Waals surface area contributed by atoms with Gasteiger partial charge in [0.05, 0.1) is 12.7 Å². The molecule has 0 bridgehead atoms. The summed E-state index contributed by atoms with van der Waals surface area (Å²) in [6.45, 7) is 0.336. The molecule has 0 atom stereocenters. The van der Waals surface area contributed by atoms with Gasteiger partial charge in [-0.1, -0.05) is 30.3 Å². The fourth-order valence-corrected chi connectivity index (χ4v) is 3.04. The van der Waals surface area contributed by atoms with Gasteiger partial charge in [0.25, 0.3) is 0 Å². The van der Waals surface area contributed by atoms with Gasteiger partial charge in [0, 0.05) is 0 Å². The van der Waals surface area contributed by atoms with Crippen molar-refractivity contribution in [2.24, 2.45) is 0 Å². The number of halogens is 1. The predicted molar refractivity (Wildman–Crippen MR) is 109 cm³/mol. The summed E-state index contributed by atoms with van der Waals surface area (Å²) in [4.78, 5) is 10.9. The molecule has 150 valence electrons. The number of methoxy groups -OCH3 is 1.